The van der Waals surface area contributed by atoms with E-state index in [2.05, 4.69) is 27.2 Å². The van der Waals surface area contributed by atoms with E-state index in [1.165, 1.54) is 24.5 Å². The van der Waals surface area contributed by atoms with Gasteiger partial charge in [0.15, 0.2) is 0 Å². The molecule has 1 amide bonds. The van der Waals surface area contributed by atoms with Gasteiger partial charge < -0.3 is 4.74 Å². The summed E-state index contributed by atoms with van der Waals surface area (Å²) in [5, 5.41) is 0. The van der Waals surface area contributed by atoms with Crippen LogP contribution in [0.3, 0.4) is 0 Å². The van der Waals surface area contributed by atoms with Crippen molar-refractivity contribution < 1.29 is 18.3 Å². The van der Waals surface area contributed by atoms with Crippen molar-refractivity contribution in [2.45, 2.75) is 6.61 Å². The van der Waals surface area contributed by atoms with Crippen molar-refractivity contribution in [1.82, 2.24) is 15.8 Å². The topological polar surface area (TPSA) is 63.2 Å². The molecule has 2 N–H and O–H groups in total. The summed E-state index contributed by atoms with van der Waals surface area (Å²) in [6, 6.07) is 9.00. The summed E-state index contributed by atoms with van der Waals surface area (Å²) in [6.45, 7) is 0.885. The zero-order valence-electron chi connectivity index (χ0n) is 11.4. The van der Waals surface area contributed by atoms with Crippen LogP contribution < -0.4 is 15.6 Å². The summed E-state index contributed by atoms with van der Waals surface area (Å²) in [5.74, 6) is -0.298. The van der Waals surface area contributed by atoms with E-state index in [0.29, 0.717) is 16.8 Å². The first-order chi connectivity index (χ1) is 10.6. The van der Waals surface area contributed by atoms with Crippen molar-refractivity contribution >= 4 is 11.6 Å². The molecule has 0 saturated heterocycles. The number of carbonyl (C=O) groups is 1. The van der Waals surface area contributed by atoms with Crippen molar-refractivity contribution in [2.24, 2.45) is 0 Å². The number of nitrogens with one attached hydrogen (secondary N) is 2. The van der Waals surface area contributed by atoms with E-state index in [-0.39, 0.29) is 11.7 Å². The van der Waals surface area contributed by atoms with Gasteiger partial charge in [-0.05, 0) is 42.0 Å². The van der Waals surface area contributed by atoms with Gasteiger partial charge in [-0.3, -0.25) is 20.6 Å². The van der Waals surface area contributed by atoms with Crippen molar-refractivity contribution in [3.8, 4) is 5.75 Å². The summed E-state index contributed by atoms with van der Waals surface area (Å²) in [6.07, 6.45) is 3.01. The van der Waals surface area contributed by atoms with Crippen molar-refractivity contribution in [3.63, 3.8) is 0 Å². The van der Waals surface area contributed by atoms with Crippen LogP contribution in [0.5, 0.6) is 5.75 Å². The number of carbonyl (C=O) groups excluding carboxylic acids is 1. The molecule has 2 aromatic rings. The molecule has 0 aliphatic carbocycles. The van der Waals surface area contributed by atoms with Crippen LogP contribution in [0.25, 0.3) is 5.70 Å². The fourth-order valence-corrected chi connectivity index (χ4v) is 1.62. The zero-order valence-corrected chi connectivity index (χ0v) is 11.4. The smallest absolute Gasteiger partial charge is 0.387 e. The second-order valence-corrected chi connectivity index (χ2v) is 4.20. The van der Waals surface area contributed by atoms with Crippen LogP contribution in [-0.4, -0.2) is 17.5 Å². The number of nitrogens with zero attached hydrogens (tertiary/aromatic N) is 1. The van der Waals surface area contributed by atoms with Gasteiger partial charge in [-0.15, -0.1) is 0 Å². The van der Waals surface area contributed by atoms with E-state index in [4.69, 9.17) is 0 Å². The molecule has 0 spiro atoms. The molecule has 2 rings (SSSR count). The molecular formula is C15H13F2N3O2. The van der Waals surface area contributed by atoms with Crippen LogP contribution in [0.4, 0.5) is 8.78 Å². The molecule has 22 heavy (non-hydrogen) atoms. The highest BCUT2D eigenvalue weighted by molar-refractivity contribution is 5.94. The summed E-state index contributed by atoms with van der Waals surface area (Å²) in [7, 11) is 0. The number of hydrazine groups is 1. The van der Waals surface area contributed by atoms with Crippen molar-refractivity contribution in [3.05, 3.63) is 66.5 Å². The summed E-state index contributed by atoms with van der Waals surface area (Å²) in [5.41, 5.74) is 6.60. The Labute approximate surface area is 125 Å². The first-order valence-corrected chi connectivity index (χ1v) is 6.27. The average molecular weight is 305 g/mol. The standard InChI is InChI=1S/C15H13F2N3O2/c1-10(11-2-4-13(5-3-11)22-15(16)17)19-20-14(21)12-6-8-18-9-7-12/h2-9,15,19H,1H2,(H,20,21). The zero-order chi connectivity index (χ0) is 15.9. The molecule has 1 aromatic heterocycles. The van der Waals surface area contributed by atoms with Gasteiger partial charge in [-0.1, -0.05) is 6.58 Å². The molecule has 1 heterocycles. The Hall–Kier alpha value is -2.96. The van der Waals surface area contributed by atoms with Gasteiger partial charge in [0.05, 0.1) is 5.70 Å². The number of aromatic nitrogens is 1. The van der Waals surface area contributed by atoms with Crippen molar-refractivity contribution in [2.75, 3.05) is 0 Å². The van der Waals surface area contributed by atoms with Crippen LogP contribution in [-0.2, 0) is 0 Å². The number of hydrogen-bond acceptors (Lipinski definition) is 4. The van der Waals surface area contributed by atoms with Crippen LogP contribution in [0, 0.1) is 0 Å². The first kappa shape index (κ1) is 15.4. The Morgan fingerprint density at radius 3 is 2.27 bits per heavy atom. The number of pyridine rings is 1. The minimum absolute atomic E-state index is 0.0485. The Bertz CT molecular complexity index is 646. The van der Waals surface area contributed by atoms with Gasteiger partial charge >= 0.3 is 6.61 Å². The minimum atomic E-state index is -2.87. The van der Waals surface area contributed by atoms with E-state index >= 15 is 0 Å². The van der Waals surface area contributed by atoms with Crippen molar-refractivity contribution in [1.29, 1.82) is 0 Å². The molecule has 0 saturated carbocycles. The second kappa shape index (κ2) is 7.16. The predicted octanol–water partition coefficient (Wildman–Crippen LogP) is 2.59. The Morgan fingerprint density at radius 1 is 1.05 bits per heavy atom. The van der Waals surface area contributed by atoms with Gasteiger partial charge in [-0.25, -0.2) is 0 Å². The quantitative estimate of drug-likeness (QED) is 0.805. The van der Waals surface area contributed by atoms with E-state index < -0.39 is 6.61 Å². The summed E-state index contributed by atoms with van der Waals surface area (Å²) < 4.78 is 28.3. The predicted molar refractivity (Wildman–Crippen MR) is 76.9 cm³/mol. The van der Waals surface area contributed by atoms with Crippen LogP contribution in [0.1, 0.15) is 15.9 Å². The lowest BCUT2D eigenvalue weighted by Crippen LogP contribution is -2.35. The number of rotatable bonds is 6. The van der Waals surface area contributed by atoms with E-state index in [9.17, 15) is 13.6 Å². The van der Waals surface area contributed by atoms with Crippen LogP contribution in [0.15, 0.2) is 55.4 Å². The van der Waals surface area contributed by atoms with Gasteiger partial charge in [0, 0.05) is 18.0 Å². The molecule has 114 valence electrons. The molecular weight excluding hydrogens is 292 g/mol. The normalized spacial score (nSPS) is 10.1. The molecule has 0 radical (unpaired) electrons. The van der Waals surface area contributed by atoms with Gasteiger partial charge in [-0.2, -0.15) is 8.78 Å². The highest BCUT2D eigenvalue weighted by atomic mass is 19.3. The molecule has 1 aromatic carbocycles. The minimum Gasteiger partial charge on any atom is -0.435 e. The SMILES string of the molecule is C=C(NNC(=O)c1ccncc1)c1ccc(OC(F)F)cc1. The maximum atomic E-state index is 12.0. The fraction of sp³-hybridized carbons (Fsp3) is 0.0667. The number of halogens is 2. The lowest BCUT2D eigenvalue weighted by Gasteiger charge is -2.12. The molecule has 7 heteroatoms. The maximum absolute atomic E-state index is 12.0. The molecule has 0 bridgehead atoms. The van der Waals surface area contributed by atoms with Gasteiger partial charge in [0.1, 0.15) is 5.75 Å². The van der Waals surface area contributed by atoms with Gasteiger partial charge in [0.2, 0.25) is 0 Å². The molecule has 0 atom stereocenters. The third-order valence-corrected chi connectivity index (χ3v) is 2.70. The molecule has 0 fully saturated rings. The maximum Gasteiger partial charge on any atom is 0.387 e. The Kier molecular flexibility index (Phi) is 5.02. The highest BCUT2D eigenvalue weighted by Crippen LogP contribution is 2.17. The lowest BCUT2D eigenvalue weighted by atomic mass is 10.2. The molecule has 5 nitrogen and oxygen atoms in total. The number of hydrogen-bond donors (Lipinski definition) is 2. The molecule has 0 aliphatic rings. The number of ether oxygens (including phenoxy) is 1. The summed E-state index contributed by atoms with van der Waals surface area (Å²) in [4.78, 5) is 15.6. The van der Waals surface area contributed by atoms with E-state index in [1.54, 1.807) is 24.3 Å². The third kappa shape index (κ3) is 4.27. The van der Waals surface area contributed by atoms with Gasteiger partial charge in [0.25, 0.3) is 5.91 Å². The van der Waals surface area contributed by atoms with E-state index in [1.807, 2.05) is 0 Å². The second-order valence-electron chi connectivity index (χ2n) is 4.20. The molecule has 0 aliphatic heterocycles. The summed E-state index contributed by atoms with van der Waals surface area (Å²) >= 11 is 0. The first-order valence-electron chi connectivity index (χ1n) is 6.27. The average Bonchev–Trinajstić information content (AvgIpc) is 2.53. The number of amides is 1. The Balaban J connectivity index is 1.91. The third-order valence-electron chi connectivity index (χ3n) is 2.70. The monoisotopic (exact) mass is 305 g/mol. The van der Waals surface area contributed by atoms with Crippen LogP contribution in [0.2, 0.25) is 0 Å². The van der Waals surface area contributed by atoms with Crippen LogP contribution >= 0.6 is 0 Å². The number of alkyl halides is 2. The fourth-order valence-electron chi connectivity index (χ4n) is 1.62. The number of benzene rings is 1. The largest absolute Gasteiger partial charge is 0.435 e. The highest BCUT2D eigenvalue weighted by Gasteiger charge is 2.07. The molecule has 0 unspecified atom stereocenters. The van der Waals surface area contributed by atoms with E-state index in [0.717, 1.165) is 0 Å². The lowest BCUT2D eigenvalue weighted by molar-refractivity contribution is -0.0498. The Morgan fingerprint density at radius 2 is 1.68 bits per heavy atom.